The number of quaternary nitrogens is 1. The van der Waals surface area contributed by atoms with Crippen molar-refractivity contribution < 1.29 is 37.2 Å². The third-order valence-electron chi connectivity index (χ3n) is 5.54. The molecule has 3 rings (SSSR count). The summed E-state index contributed by atoms with van der Waals surface area (Å²) in [6, 6.07) is 23.7. The average molecular weight is 495 g/mol. The molecule has 35 heavy (non-hydrogen) atoms. The van der Waals surface area contributed by atoms with Gasteiger partial charge in [-0.2, -0.15) is 0 Å². The van der Waals surface area contributed by atoms with Gasteiger partial charge in [-0.15, -0.1) is 0 Å². The van der Waals surface area contributed by atoms with E-state index in [0.717, 1.165) is 16.9 Å². The van der Waals surface area contributed by atoms with Crippen LogP contribution in [0.15, 0.2) is 84.9 Å². The van der Waals surface area contributed by atoms with Crippen molar-refractivity contribution in [1.82, 2.24) is 0 Å². The van der Waals surface area contributed by atoms with E-state index in [1.165, 1.54) is 6.08 Å². The van der Waals surface area contributed by atoms with Crippen molar-refractivity contribution in [2.45, 2.75) is 25.5 Å². The Hall–Kier alpha value is -3.45. The van der Waals surface area contributed by atoms with Crippen LogP contribution in [0.5, 0.6) is 5.75 Å². The van der Waals surface area contributed by atoms with E-state index in [4.69, 9.17) is 4.74 Å². The fourth-order valence-electron chi connectivity index (χ4n) is 3.55. The van der Waals surface area contributed by atoms with Crippen LogP contribution in [0.25, 0.3) is 6.08 Å². The lowest BCUT2D eigenvalue weighted by atomic mass is 10.0. The van der Waals surface area contributed by atoms with E-state index in [1.807, 2.05) is 66.8 Å². The molecular weight excluding hydrogens is 464 g/mol. The number of hydrogen-bond donors (Lipinski definition) is 3. The molecule has 0 heterocycles. The van der Waals surface area contributed by atoms with Crippen LogP contribution in [-0.2, 0) is 4.79 Å². The fourth-order valence-corrected chi connectivity index (χ4v) is 3.55. The minimum atomic E-state index is -0.596. The second kappa shape index (κ2) is 14.1. The standard InChI is InChI=1S/C28H30N2O4.ClH/c1-20(28(33)22-7-4-3-5-8-22)29-18-17-26(31)23-9-6-10-24(19-23)30-27(32)16-13-21-11-14-25(34-2)15-12-21;/h3-16,19-20,28-29,33H,17-18H2,1-2H3,(H,30,32);1H/b16-13+;. The summed E-state index contributed by atoms with van der Waals surface area (Å²) in [5, 5.41) is 15.2. The summed E-state index contributed by atoms with van der Waals surface area (Å²) >= 11 is 0. The first-order valence-electron chi connectivity index (χ1n) is 11.3. The van der Waals surface area contributed by atoms with Crippen molar-refractivity contribution in [2.75, 3.05) is 19.0 Å². The van der Waals surface area contributed by atoms with E-state index in [1.54, 1.807) is 37.5 Å². The molecule has 0 saturated carbocycles. The molecule has 0 aliphatic heterocycles. The summed E-state index contributed by atoms with van der Waals surface area (Å²) in [4.78, 5) is 24.9. The average Bonchev–Trinajstić information content (AvgIpc) is 2.87. The maximum absolute atomic E-state index is 12.6. The van der Waals surface area contributed by atoms with Gasteiger partial charge in [0, 0.05) is 17.3 Å². The lowest BCUT2D eigenvalue weighted by molar-refractivity contribution is -0.693. The lowest BCUT2D eigenvalue weighted by Crippen LogP contribution is -3.00. The molecule has 3 aromatic rings. The summed E-state index contributed by atoms with van der Waals surface area (Å²) in [6.45, 7) is 2.50. The minimum Gasteiger partial charge on any atom is -1.00 e. The number of rotatable bonds is 11. The zero-order chi connectivity index (χ0) is 24.3. The predicted molar refractivity (Wildman–Crippen MR) is 134 cm³/mol. The molecule has 0 fully saturated rings. The van der Waals surface area contributed by atoms with Gasteiger partial charge in [-0.05, 0) is 48.4 Å². The summed E-state index contributed by atoms with van der Waals surface area (Å²) in [6.07, 6.45) is 2.90. The minimum absolute atomic E-state index is 0. The van der Waals surface area contributed by atoms with Gasteiger partial charge in [0.05, 0.1) is 20.1 Å². The predicted octanol–water partition coefficient (Wildman–Crippen LogP) is 0.609. The quantitative estimate of drug-likeness (QED) is 0.269. The van der Waals surface area contributed by atoms with Crippen LogP contribution in [0.2, 0.25) is 0 Å². The van der Waals surface area contributed by atoms with Crippen molar-refractivity contribution in [1.29, 1.82) is 0 Å². The van der Waals surface area contributed by atoms with Gasteiger partial charge in [-0.25, -0.2) is 0 Å². The topological polar surface area (TPSA) is 92.2 Å². The SMILES string of the molecule is COc1ccc(/C=C/C(=O)Nc2cccc(C(=O)CC[NH2+]C(C)C(O)c3ccccc3)c2)cc1.[Cl-]. The highest BCUT2D eigenvalue weighted by atomic mass is 35.5. The monoisotopic (exact) mass is 494 g/mol. The third-order valence-corrected chi connectivity index (χ3v) is 5.54. The molecule has 0 bridgehead atoms. The highest BCUT2D eigenvalue weighted by Gasteiger charge is 2.19. The van der Waals surface area contributed by atoms with E-state index in [2.05, 4.69) is 5.32 Å². The molecule has 0 aliphatic carbocycles. The Morgan fingerprint density at radius 1 is 1.03 bits per heavy atom. The number of methoxy groups -OCH3 is 1. The van der Waals surface area contributed by atoms with Gasteiger partial charge in [0.2, 0.25) is 5.91 Å². The number of ether oxygens (including phenoxy) is 1. The van der Waals surface area contributed by atoms with Gasteiger partial charge < -0.3 is 32.9 Å². The van der Waals surface area contributed by atoms with Crippen molar-refractivity contribution in [3.63, 3.8) is 0 Å². The number of aliphatic hydroxyl groups excluding tert-OH is 1. The van der Waals surface area contributed by atoms with Crippen LogP contribution in [0, 0.1) is 0 Å². The van der Waals surface area contributed by atoms with E-state index < -0.39 is 6.10 Å². The normalized spacial score (nSPS) is 12.4. The van der Waals surface area contributed by atoms with Gasteiger partial charge in [-0.3, -0.25) is 9.59 Å². The number of ketones is 1. The molecule has 4 N–H and O–H groups in total. The van der Waals surface area contributed by atoms with Crippen molar-refractivity contribution in [2.24, 2.45) is 0 Å². The lowest BCUT2D eigenvalue weighted by Gasteiger charge is -2.17. The van der Waals surface area contributed by atoms with Crippen LogP contribution in [0.3, 0.4) is 0 Å². The number of carbonyl (C=O) groups is 2. The first-order chi connectivity index (χ1) is 16.5. The Kier molecular flexibility index (Phi) is 11.2. The number of nitrogens with one attached hydrogen (secondary N) is 1. The number of aliphatic hydroxyl groups is 1. The molecule has 1 amide bonds. The maximum Gasteiger partial charge on any atom is 0.248 e. The Balaban J connectivity index is 0.00000432. The Morgan fingerprint density at radius 2 is 1.74 bits per heavy atom. The number of nitrogens with two attached hydrogens (primary N) is 1. The van der Waals surface area contributed by atoms with E-state index in [0.29, 0.717) is 24.2 Å². The van der Waals surface area contributed by atoms with Gasteiger partial charge in [0.1, 0.15) is 17.9 Å². The molecule has 6 nitrogen and oxygen atoms in total. The van der Waals surface area contributed by atoms with E-state index in [9.17, 15) is 14.7 Å². The van der Waals surface area contributed by atoms with Crippen molar-refractivity contribution in [3.8, 4) is 5.75 Å². The summed E-state index contributed by atoms with van der Waals surface area (Å²) in [5.41, 5.74) is 2.85. The zero-order valence-corrected chi connectivity index (χ0v) is 20.6. The number of Topliss-reactive ketones (excluding diaryl/α,β-unsaturated/α-hetero) is 1. The highest BCUT2D eigenvalue weighted by Crippen LogP contribution is 2.15. The Bertz CT molecular complexity index is 1120. The van der Waals surface area contributed by atoms with E-state index >= 15 is 0 Å². The molecular formula is C28H31ClN2O4. The maximum atomic E-state index is 12.6. The van der Waals surface area contributed by atoms with Crippen LogP contribution in [0.1, 0.15) is 40.9 Å². The van der Waals surface area contributed by atoms with Crippen LogP contribution in [0.4, 0.5) is 5.69 Å². The van der Waals surface area contributed by atoms with Gasteiger partial charge in [-0.1, -0.05) is 54.6 Å². The first kappa shape index (κ1) is 27.8. The van der Waals surface area contributed by atoms with Crippen LogP contribution in [-0.4, -0.2) is 36.5 Å². The molecule has 7 heteroatoms. The summed E-state index contributed by atoms with van der Waals surface area (Å²) < 4.78 is 5.13. The summed E-state index contributed by atoms with van der Waals surface area (Å²) in [7, 11) is 1.60. The van der Waals surface area contributed by atoms with Crippen molar-refractivity contribution in [3.05, 3.63) is 102 Å². The van der Waals surface area contributed by atoms with Crippen LogP contribution < -0.4 is 27.8 Å². The number of hydrogen-bond acceptors (Lipinski definition) is 4. The molecule has 0 saturated heterocycles. The molecule has 0 radical (unpaired) electrons. The Morgan fingerprint density at radius 3 is 2.43 bits per heavy atom. The second-order valence-corrected chi connectivity index (χ2v) is 8.09. The van der Waals surface area contributed by atoms with Crippen molar-refractivity contribution >= 4 is 23.5 Å². The first-order valence-corrected chi connectivity index (χ1v) is 11.3. The van der Waals surface area contributed by atoms with Gasteiger partial charge in [0.15, 0.2) is 5.78 Å². The largest absolute Gasteiger partial charge is 1.00 e. The highest BCUT2D eigenvalue weighted by molar-refractivity contribution is 6.03. The molecule has 3 aromatic carbocycles. The molecule has 0 spiro atoms. The number of benzene rings is 3. The van der Waals surface area contributed by atoms with E-state index in [-0.39, 0.29) is 30.1 Å². The molecule has 2 unspecified atom stereocenters. The molecule has 0 aliphatic rings. The number of anilines is 1. The number of amides is 1. The van der Waals surface area contributed by atoms with Gasteiger partial charge in [0.25, 0.3) is 0 Å². The molecule has 184 valence electrons. The number of halogens is 1. The zero-order valence-electron chi connectivity index (χ0n) is 19.9. The van der Waals surface area contributed by atoms with Crippen LogP contribution >= 0.6 is 0 Å². The fraction of sp³-hybridized carbons (Fsp3) is 0.214. The molecule has 0 aromatic heterocycles. The Labute approximate surface area is 212 Å². The molecule has 2 atom stereocenters. The second-order valence-electron chi connectivity index (χ2n) is 8.09. The van der Waals surface area contributed by atoms with Gasteiger partial charge >= 0.3 is 0 Å². The third kappa shape index (κ3) is 8.68. The smallest absolute Gasteiger partial charge is 0.248 e. The summed E-state index contributed by atoms with van der Waals surface area (Å²) in [5.74, 6) is 0.461. The number of carbonyl (C=O) groups excluding carboxylic acids is 2.